The average molecular weight is 374 g/mol. The van der Waals surface area contributed by atoms with Crippen molar-refractivity contribution in [2.24, 2.45) is 0 Å². The molecule has 6 heteroatoms. The van der Waals surface area contributed by atoms with Crippen molar-refractivity contribution in [2.45, 2.75) is 13.0 Å². The summed E-state index contributed by atoms with van der Waals surface area (Å²) in [6.45, 7) is 2.00. The average Bonchev–Trinajstić information content (AvgIpc) is 2.65. The fourth-order valence-corrected chi connectivity index (χ4v) is 2.99. The Morgan fingerprint density at radius 1 is 1.15 bits per heavy atom. The molecule has 0 saturated heterocycles. The molecule has 0 spiro atoms. The molecule has 2 N–H and O–H groups in total. The van der Waals surface area contributed by atoms with Crippen LogP contribution in [-0.4, -0.2) is 25.2 Å². The first-order valence-electron chi connectivity index (χ1n) is 8.49. The van der Waals surface area contributed by atoms with E-state index in [4.69, 9.17) is 16.3 Å². The molecule has 26 heavy (non-hydrogen) atoms. The molecule has 4 nitrogen and oxygen atoms in total. The molecule has 0 aliphatic carbocycles. The first-order chi connectivity index (χ1) is 12.7. The van der Waals surface area contributed by atoms with Crippen LogP contribution in [0, 0.1) is 5.82 Å². The number of benzene rings is 2. The van der Waals surface area contributed by atoms with Crippen molar-refractivity contribution in [3.05, 3.63) is 65.1 Å². The van der Waals surface area contributed by atoms with Crippen molar-refractivity contribution < 1.29 is 9.13 Å². The standard InChI is InChI=1S/C20H21ClFN3O/c1-26-20-5-2-4-17(22)16(20)13-23-9-3-10-24-18-8-11-25-19-12-14(21)6-7-15(18)19/h2,4-8,11-12,23H,3,9-10,13H2,1H3,(H,24,25). The quantitative estimate of drug-likeness (QED) is 0.565. The lowest BCUT2D eigenvalue weighted by Gasteiger charge is -2.12. The lowest BCUT2D eigenvalue weighted by atomic mass is 10.2. The molecule has 0 aliphatic heterocycles. The fourth-order valence-electron chi connectivity index (χ4n) is 2.83. The molecule has 0 aliphatic rings. The van der Waals surface area contributed by atoms with E-state index in [1.165, 1.54) is 6.07 Å². The maximum Gasteiger partial charge on any atom is 0.131 e. The van der Waals surface area contributed by atoms with Gasteiger partial charge in [-0.15, -0.1) is 0 Å². The van der Waals surface area contributed by atoms with Crippen LogP contribution < -0.4 is 15.4 Å². The number of halogens is 2. The lowest BCUT2D eigenvalue weighted by molar-refractivity contribution is 0.402. The van der Waals surface area contributed by atoms with E-state index in [1.54, 1.807) is 25.4 Å². The van der Waals surface area contributed by atoms with Gasteiger partial charge in [-0.25, -0.2) is 4.39 Å². The SMILES string of the molecule is COc1cccc(F)c1CNCCCNc1ccnc2cc(Cl)ccc12. The van der Waals surface area contributed by atoms with Gasteiger partial charge in [0, 0.05) is 40.9 Å². The Labute approximate surface area is 157 Å². The zero-order valence-electron chi connectivity index (χ0n) is 14.6. The minimum Gasteiger partial charge on any atom is -0.496 e. The molecular weight excluding hydrogens is 353 g/mol. The summed E-state index contributed by atoms with van der Waals surface area (Å²) in [6, 6.07) is 12.5. The van der Waals surface area contributed by atoms with Gasteiger partial charge in [-0.05, 0) is 49.4 Å². The Morgan fingerprint density at radius 2 is 2.04 bits per heavy atom. The lowest BCUT2D eigenvalue weighted by Crippen LogP contribution is -2.19. The van der Waals surface area contributed by atoms with E-state index in [9.17, 15) is 4.39 Å². The largest absolute Gasteiger partial charge is 0.496 e. The highest BCUT2D eigenvalue weighted by Crippen LogP contribution is 2.24. The van der Waals surface area contributed by atoms with Crippen molar-refractivity contribution in [2.75, 3.05) is 25.5 Å². The van der Waals surface area contributed by atoms with Crippen LogP contribution in [0.4, 0.5) is 10.1 Å². The van der Waals surface area contributed by atoms with E-state index in [1.807, 2.05) is 24.3 Å². The molecular formula is C20H21ClFN3O. The molecule has 1 aromatic heterocycles. The van der Waals surface area contributed by atoms with Crippen LogP contribution in [-0.2, 0) is 6.54 Å². The maximum absolute atomic E-state index is 13.9. The second-order valence-corrected chi connectivity index (χ2v) is 6.33. The zero-order chi connectivity index (χ0) is 18.4. The molecule has 0 saturated carbocycles. The van der Waals surface area contributed by atoms with Crippen LogP contribution in [0.1, 0.15) is 12.0 Å². The molecule has 0 amide bonds. The molecule has 0 unspecified atom stereocenters. The van der Waals surface area contributed by atoms with Crippen molar-refractivity contribution in [3.63, 3.8) is 0 Å². The highest BCUT2D eigenvalue weighted by molar-refractivity contribution is 6.31. The number of fused-ring (bicyclic) bond motifs is 1. The molecule has 0 fully saturated rings. The summed E-state index contributed by atoms with van der Waals surface area (Å²) < 4.78 is 19.1. The zero-order valence-corrected chi connectivity index (χ0v) is 15.3. The van der Waals surface area contributed by atoms with Gasteiger partial charge < -0.3 is 15.4 Å². The maximum atomic E-state index is 13.9. The Bertz CT molecular complexity index is 888. The Balaban J connectivity index is 1.48. The second kappa shape index (κ2) is 8.83. The molecule has 0 atom stereocenters. The van der Waals surface area contributed by atoms with Crippen molar-refractivity contribution in [1.82, 2.24) is 10.3 Å². The molecule has 3 rings (SSSR count). The van der Waals surface area contributed by atoms with E-state index >= 15 is 0 Å². The minimum absolute atomic E-state index is 0.253. The van der Waals surface area contributed by atoms with Gasteiger partial charge in [0.25, 0.3) is 0 Å². The van der Waals surface area contributed by atoms with Gasteiger partial charge in [0.05, 0.1) is 12.6 Å². The summed E-state index contributed by atoms with van der Waals surface area (Å²) in [4.78, 5) is 4.33. The van der Waals surface area contributed by atoms with Gasteiger partial charge in [-0.3, -0.25) is 4.98 Å². The number of hydrogen-bond donors (Lipinski definition) is 2. The van der Waals surface area contributed by atoms with Gasteiger partial charge in [0.1, 0.15) is 11.6 Å². The topological polar surface area (TPSA) is 46.2 Å². The normalized spacial score (nSPS) is 10.9. The number of nitrogens with zero attached hydrogens (tertiary/aromatic N) is 1. The first-order valence-corrected chi connectivity index (χ1v) is 8.87. The number of nitrogens with one attached hydrogen (secondary N) is 2. The first kappa shape index (κ1) is 18.4. The smallest absolute Gasteiger partial charge is 0.131 e. The second-order valence-electron chi connectivity index (χ2n) is 5.90. The fraction of sp³-hybridized carbons (Fsp3) is 0.250. The predicted molar refractivity (Wildman–Crippen MR) is 105 cm³/mol. The Morgan fingerprint density at radius 3 is 2.88 bits per heavy atom. The Kier molecular flexibility index (Phi) is 6.26. The summed E-state index contributed by atoms with van der Waals surface area (Å²) in [5, 5.41) is 8.39. The molecule has 1 heterocycles. The van der Waals surface area contributed by atoms with Crippen LogP contribution in [0.25, 0.3) is 10.9 Å². The molecule has 136 valence electrons. The van der Waals surface area contributed by atoms with Crippen molar-refractivity contribution in [3.8, 4) is 5.75 Å². The number of hydrogen-bond acceptors (Lipinski definition) is 4. The van der Waals surface area contributed by atoms with Gasteiger partial charge in [0.15, 0.2) is 0 Å². The summed E-state index contributed by atoms with van der Waals surface area (Å²) in [5.41, 5.74) is 2.45. The number of methoxy groups -OCH3 is 1. The summed E-state index contributed by atoms with van der Waals surface area (Å²) in [5.74, 6) is 0.314. The number of aromatic nitrogens is 1. The minimum atomic E-state index is -0.253. The molecule has 3 aromatic rings. The highest BCUT2D eigenvalue weighted by Gasteiger charge is 2.08. The summed E-state index contributed by atoms with van der Waals surface area (Å²) in [7, 11) is 1.55. The molecule has 0 bridgehead atoms. The van der Waals surface area contributed by atoms with E-state index < -0.39 is 0 Å². The third kappa shape index (κ3) is 4.42. The van der Waals surface area contributed by atoms with Crippen molar-refractivity contribution in [1.29, 1.82) is 0 Å². The van der Waals surface area contributed by atoms with Gasteiger partial charge >= 0.3 is 0 Å². The van der Waals surface area contributed by atoms with Crippen LogP contribution in [0.15, 0.2) is 48.7 Å². The van der Waals surface area contributed by atoms with Crippen LogP contribution >= 0.6 is 11.6 Å². The van der Waals surface area contributed by atoms with Gasteiger partial charge in [0.2, 0.25) is 0 Å². The van der Waals surface area contributed by atoms with Crippen molar-refractivity contribution >= 4 is 28.2 Å². The summed E-state index contributed by atoms with van der Waals surface area (Å²) in [6.07, 6.45) is 2.66. The van der Waals surface area contributed by atoms with Gasteiger partial charge in [-0.2, -0.15) is 0 Å². The Hall–Kier alpha value is -2.37. The number of anilines is 1. The summed E-state index contributed by atoms with van der Waals surface area (Å²) >= 11 is 6.01. The van der Waals surface area contributed by atoms with E-state index in [-0.39, 0.29) is 5.82 Å². The highest BCUT2D eigenvalue weighted by atomic mass is 35.5. The monoisotopic (exact) mass is 373 g/mol. The molecule has 0 radical (unpaired) electrons. The number of pyridine rings is 1. The third-order valence-corrected chi connectivity index (χ3v) is 4.38. The predicted octanol–water partition coefficient (Wildman–Crippen LogP) is 4.63. The number of rotatable bonds is 8. The van der Waals surface area contributed by atoms with Crippen LogP contribution in [0.3, 0.4) is 0 Å². The van der Waals surface area contributed by atoms with E-state index in [2.05, 4.69) is 15.6 Å². The van der Waals surface area contributed by atoms with E-state index in [0.29, 0.717) is 22.9 Å². The third-order valence-electron chi connectivity index (χ3n) is 4.15. The van der Waals surface area contributed by atoms with Crippen LogP contribution in [0.5, 0.6) is 5.75 Å². The molecule has 2 aromatic carbocycles. The van der Waals surface area contributed by atoms with E-state index in [0.717, 1.165) is 36.1 Å². The number of ether oxygens (including phenoxy) is 1. The van der Waals surface area contributed by atoms with Crippen LogP contribution in [0.2, 0.25) is 5.02 Å². The van der Waals surface area contributed by atoms with Gasteiger partial charge in [-0.1, -0.05) is 17.7 Å².